The topological polar surface area (TPSA) is 24.5 Å². The Morgan fingerprint density at radius 2 is 2.05 bits per heavy atom. The lowest BCUT2D eigenvalue weighted by Crippen LogP contribution is -2.50. The third-order valence-electron chi connectivity index (χ3n) is 4.23. The van der Waals surface area contributed by atoms with Crippen molar-refractivity contribution in [2.24, 2.45) is 0 Å². The van der Waals surface area contributed by atoms with Crippen molar-refractivity contribution >= 4 is 0 Å². The minimum Gasteiger partial charge on any atom is -0.496 e. The van der Waals surface area contributed by atoms with Crippen molar-refractivity contribution in [2.75, 3.05) is 33.8 Å². The number of ether oxygens (including phenoxy) is 1. The first-order valence-corrected chi connectivity index (χ1v) is 7.08. The fraction of sp³-hybridized carbons (Fsp3) is 0.625. The van der Waals surface area contributed by atoms with Crippen LogP contribution in [-0.2, 0) is 6.42 Å². The molecule has 0 bridgehead atoms. The lowest BCUT2D eigenvalue weighted by Gasteiger charge is -2.32. The van der Waals surface area contributed by atoms with Gasteiger partial charge in [0.05, 0.1) is 7.11 Å². The van der Waals surface area contributed by atoms with Gasteiger partial charge in [-0.2, -0.15) is 0 Å². The summed E-state index contributed by atoms with van der Waals surface area (Å²) in [6.07, 6.45) is 1.04. The highest BCUT2D eigenvalue weighted by molar-refractivity contribution is 5.50. The van der Waals surface area contributed by atoms with Crippen LogP contribution in [0.4, 0.5) is 0 Å². The molecule has 1 aromatic rings. The van der Waals surface area contributed by atoms with E-state index in [1.54, 1.807) is 7.11 Å². The van der Waals surface area contributed by atoms with Crippen LogP contribution < -0.4 is 10.1 Å². The number of nitrogens with zero attached hydrogens (tertiary/aromatic N) is 1. The summed E-state index contributed by atoms with van der Waals surface area (Å²) in [5, 5.41) is 3.61. The lowest BCUT2D eigenvalue weighted by atomic mass is 9.93. The molecule has 1 aliphatic rings. The number of likely N-dealkylation sites (N-methyl/N-ethyl adjacent to an activating group) is 1. The largest absolute Gasteiger partial charge is 0.496 e. The van der Waals surface area contributed by atoms with Gasteiger partial charge in [-0.05, 0) is 56.5 Å². The highest BCUT2D eigenvalue weighted by Gasteiger charge is 2.20. The van der Waals surface area contributed by atoms with E-state index < -0.39 is 0 Å². The number of hydrogen-bond donors (Lipinski definition) is 1. The standard InChI is InChI=1S/C16H26N2O/c1-11-8-12(2)15(16(19-5)13(11)3)9-14-10-18(4)7-6-17-14/h8,14,17H,6-7,9-10H2,1-5H3. The highest BCUT2D eigenvalue weighted by Crippen LogP contribution is 2.30. The van der Waals surface area contributed by atoms with Crippen LogP contribution in [0.2, 0.25) is 0 Å². The molecular formula is C16H26N2O. The van der Waals surface area contributed by atoms with Gasteiger partial charge in [0.2, 0.25) is 0 Å². The Morgan fingerprint density at radius 1 is 1.32 bits per heavy atom. The molecule has 0 spiro atoms. The molecule has 0 aromatic heterocycles. The van der Waals surface area contributed by atoms with Crippen molar-refractivity contribution in [3.05, 3.63) is 28.3 Å². The zero-order valence-electron chi connectivity index (χ0n) is 12.8. The molecule has 3 heteroatoms. The quantitative estimate of drug-likeness (QED) is 0.902. The second-order valence-electron chi connectivity index (χ2n) is 5.76. The molecule has 0 saturated carbocycles. The van der Waals surface area contributed by atoms with Gasteiger partial charge in [0.15, 0.2) is 0 Å². The van der Waals surface area contributed by atoms with E-state index in [4.69, 9.17) is 4.74 Å². The summed E-state index contributed by atoms with van der Waals surface area (Å²) in [7, 11) is 3.98. The fourth-order valence-electron chi connectivity index (χ4n) is 3.01. The fourth-order valence-corrected chi connectivity index (χ4v) is 3.01. The Balaban J connectivity index is 2.26. The molecule has 1 atom stereocenters. The number of hydrogen-bond acceptors (Lipinski definition) is 3. The molecule has 0 amide bonds. The van der Waals surface area contributed by atoms with Gasteiger partial charge in [0, 0.05) is 25.7 Å². The SMILES string of the molecule is COc1c(C)c(C)cc(C)c1CC1CN(C)CCN1. The number of piperazine rings is 1. The van der Waals surface area contributed by atoms with Gasteiger partial charge in [-0.15, -0.1) is 0 Å². The maximum Gasteiger partial charge on any atom is 0.125 e. The van der Waals surface area contributed by atoms with E-state index in [1.165, 1.54) is 22.3 Å². The Morgan fingerprint density at radius 3 is 2.68 bits per heavy atom. The molecule has 1 saturated heterocycles. The van der Waals surface area contributed by atoms with Crippen LogP contribution >= 0.6 is 0 Å². The van der Waals surface area contributed by atoms with Crippen molar-refractivity contribution in [3.8, 4) is 5.75 Å². The van der Waals surface area contributed by atoms with E-state index in [0.29, 0.717) is 6.04 Å². The van der Waals surface area contributed by atoms with Crippen LogP contribution in [-0.4, -0.2) is 44.7 Å². The molecule has 0 aliphatic carbocycles. The Kier molecular flexibility index (Phi) is 4.48. The van der Waals surface area contributed by atoms with Crippen LogP contribution in [0.15, 0.2) is 6.07 Å². The van der Waals surface area contributed by atoms with E-state index in [2.05, 4.69) is 44.1 Å². The van der Waals surface area contributed by atoms with E-state index in [-0.39, 0.29) is 0 Å². The smallest absolute Gasteiger partial charge is 0.125 e. The van der Waals surface area contributed by atoms with Crippen LogP contribution in [0.3, 0.4) is 0 Å². The third kappa shape index (κ3) is 3.10. The molecule has 3 nitrogen and oxygen atoms in total. The molecule has 2 rings (SSSR count). The Labute approximate surface area is 116 Å². The second kappa shape index (κ2) is 5.93. The highest BCUT2D eigenvalue weighted by atomic mass is 16.5. The van der Waals surface area contributed by atoms with Gasteiger partial charge in [-0.25, -0.2) is 0 Å². The van der Waals surface area contributed by atoms with Gasteiger partial charge in [0.1, 0.15) is 5.75 Å². The first kappa shape index (κ1) is 14.4. The molecule has 1 aliphatic heterocycles. The predicted molar refractivity (Wildman–Crippen MR) is 80.2 cm³/mol. The molecule has 1 aromatic carbocycles. The van der Waals surface area contributed by atoms with Crippen molar-refractivity contribution in [1.29, 1.82) is 0 Å². The Hall–Kier alpha value is -1.06. The number of rotatable bonds is 3. The lowest BCUT2D eigenvalue weighted by molar-refractivity contribution is 0.237. The normalized spacial score (nSPS) is 20.6. The molecule has 0 radical (unpaired) electrons. The van der Waals surface area contributed by atoms with E-state index in [0.717, 1.165) is 31.8 Å². The molecule has 1 N–H and O–H groups in total. The van der Waals surface area contributed by atoms with E-state index in [1.807, 2.05) is 0 Å². The number of nitrogens with one attached hydrogen (secondary N) is 1. The average molecular weight is 262 g/mol. The molecule has 1 fully saturated rings. The average Bonchev–Trinajstić information content (AvgIpc) is 2.36. The summed E-state index contributed by atoms with van der Waals surface area (Å²) in [5.74, 6) is 1.08. The monoisotopic (exact) mass is 262 g/mol. The van der Waals surface area contributed by atoms with Gasteiger partial charge in [0.25, 0.3) is 0 Å². The minimum atomic E-state index is 0.522. The summed E-state index contributed by atoms with van der Waals surface area (Å²) in [6.45, 7) is 9.82. The molecule has 19 heavy (non-hydrogen) atoms. The van der Waals surface area contributed by atoms with E-state index in [9.17, 15) is 0 Å². The van der Waals surface area contributed by atoms with Crippen LogP contribution in [0.1, 0.15) is 22.3 Å². The van der Waals surface area contributed by atoms with Gasteiger partial charge in [-0.1, -0.05) is 6.07 Å². The zero-order valence-corrected chi connectivity index (χ0v) is 12.8. The van der Waals surface area contributed by atoms with Crippen molar-refractivity contribution in [2.45, 2.75) is 33.2 Å². The van der Waals surface area contributed by atoms with E-state index >= 15 is 0 Å². The number of methoxy groups -OCH3 is 1. The second-order valence-corrected chi connectivity index (χ2v) is 5.76. The van der Waals surface area contributed by atoms with Gasteiger partial charge in [-0.3, -0.25) is 0 Å². The van der Waals surface area contributed by atoms with Gasteiger partial charge >= 0.3 is 0 Å². The molecule has 106 valence electrons. The van der Waals surface area contributed by atoms with Crippen molar-refractivity contribution < 1.29 is 4.74 Å². The maximum atomic E-state index is 5.66. The first-order chi connectivity index (χ1) is 9.02. The predicted octanol–water partition coefficient (Wildman–Crippen LogP) is 2.07. The summed E-state index contributed by atoms with van der Waals surface area (Å²) >= 11 is 0. The summed E-state index contributed by atoms with van der Waals surface area (Å²) in [6, 6.07) is 2.80. The Bertz CT molecular complexity index is 457. The summed E-state index contributed by atoms with van der Waals surface area (Å²) in [5.41, 5.74) is 5.28. The third-order valence-corrected chi connectivity index (χ3v) is 4.23. The van der Waals surface area contributed by atoms with Crippen LogP contribution in [0, 0.1) is 20.8 Å². The number of benzene rings is 1. The first-order valence-electron chi connectivity index (χ1n) is 7.08. The van der Waals surface area contributed by atoms with Crippen LogP contribution in [0.25, 0.3) is 0 Å². The zero-order chi connectivity index (χ0) is 14.0. The molecule has 1 unspecified atom stereocenters. The minimum absolute atomic E-state index is 0.522. The van der Waals surface area contributed by atoms with Gasteiger partial charge < -0.3 is 15.0 Å². The number of aryl methyl sites for hydroxylation is 2. The van der Waals surface area contributed by atoms with Crippen molar-refractivity contribution in [1.82, 2.24) is 10.2 Å². The molecule has 1 heterocycles. The summed E-state index contributed by atoms with van der Waals surface area (Å²) < 4.78 is 5.66. The summed E-state index contributed by atoms with van der Waals surface area (Å²) in [4.78, 5) is 2.39. The maximum absolute atomic E-state index is 5.66. The molecular weight excluding hydrogens is 236 g/mol. The van der Waals surface area contributed by atoms with Crippen LogP contribution in [0.5, 0.6) is 5.75 Å². The van der Waals surface area contributed by atoms with Crippen molar-refractivity contribution in [3.63, 3.8) is 0 Å².